The summed E-state index contributed by atoms with van der Waals surface area (Å²) in [4.78, 5) is 30.5. The number of carbonyl (C=O) groups is 1. The Hall–Kier alpha value is -3.46. The van der Waals surface area contributed by atoms with Gasteiger partial charge in [-0.15, -0.1) is 0 Å². The van der Waals surface area contributed by atoms with Gasteiger partial charge in [0.2, 0.25) is 5.88 Å². The van der Waals surface area contributed by atoms with E-state index in [0.29, 0.717) is 30.6 Å². The van der Waals surface area contributed by atoms with Crippen molar-refractivity contribution in [2.45, 2.75) is 71.8 Å². The number of aromatic nitrogens is 3. The average Bonchev–Trinajstić information content (AvgIpc) is 2.97. The van der Waals surface area contributed by atoms with Gasteiger partial charge in [-0.3, -0.25) is 0 Å². The highest BCUT2D eigenvalue weighted by molar-refractivity contribution is 5.89. The lowest BCUT2D eigenvalue weighted by molar-refractivity contribution is 0.160. The van der Waals surface area contributed by atoms with E-state index >= 15 is 0 Å². The molecule has 0 aliphatic carbocycles. The molecule has 2 fully saturated rings. The van der Waals surface area contributed by atoms with E-state index in [2.05, 4.69) is 52.1 Å². The van der Waals surface area contributed by atoms with Crippen LogP contribution in [0.1, 0.15) is 71.4 Å². The fourth-order valence-corrected chi connectivity index (χ4v) is 5.24. The summed E-state index contributed by atoms with van der Waals surface area (Å²) in [5.74, 6) is 2.31. The molecular weight excluding hydrogens is 516 g/mol. The summed E-state index contributed by atoms with van der Waals surface area (Å²) in [6.45, 7) is 12.5. The number of fused-ring (bicyclic) bond motifs is 1. The molecule has 1 aromatic carbocycles. The first-order valence-electron chi connectivity index (χ1n) is 15.1. The largest absolute Gasteiger partial charge is 0.493 e. The van der Waals surface area contributed by atoms with Crippen molar-refractivity contribution in [1.82, 2.24) is 24.8 Å². The molecule has 2 saturated heterocycles. The molecule has 2 aromatic heterocycles. The highest BCUT2D eigenvalue weighted by atomic mass is 16.5. The topological polar surface area (TPSA) is 92.7 Å². The Morgan fingerprint density at radius 2 is 1.73 bits per heavy atom. The highest BCUT2D eigenvalue weighted by Gasteiger charge is 2.26. The van der Waals surface area contributed by atoms with Crippen molar-refractivity contribution in [3.63, 3.8) is 0 Å². The molecule has 0 radical (unpaired) electrons. The maximum atomic E-state index is 12.8. The number of benzene rings is 1. The minimum atomic E-state index is -0.110. The van der Waals surface area contributed by atoms with Crippen LogP contribution in [0.2, 0.25) is 0 Å². The summed E-state index contributed by atoms with van der Waals surface area (Å²) >= 11 is 0. The number of ether oxygens (including phenoxy) is 2. The zero-order chi connectivity index (χ0) is 29.2. The normalized spacial score (nSPS) is 16.8. The fraction of sp³-hybridized carbons (Fsp3) is 0.562. The van der Waals surface area contributed by atoms with Gasteiger partial charge in [-0.1, -0.05) is 20.3 Å². The molecule has 0 unspecified atom stereocenters. The third kappa shape index (κ3) is 8.76. The first-order chi connectivity index (χ1) is 19.9. The van der Waals surface area contributed by atoms with Gasteiger partial charge in [-0.05, 0) is 83.8 Å². The Labute approximate surface area is 244 Å². The summed E-state index contributed by atoms with van der Waals surface area (Å²) in [7, 11) is 2.18. The molecule has 3 aromatic rings. The van der Waals surface area contributed by atoms with Gasteiger partial charge >= 0.3 is 6.03 Å². The lowest BCUT2D eigenvalue weighted by atomic mass is 9.91. The van der Waals surface area contributed by atoms with Gasteiger partial charge in [0.1, 0.15) is 12.1 Å². The van der Waals surface area contributed by atoms with Crippen molar-refractivity contribution in [3.8, 4) is 11.6 Å². The molecule has 0 atom stereocenters. The van der Waals surface area contributed by atoms with Crippen LogP contribution >= 0.6 is 0 Å². The van der Waals surface area contributed by atoms with E-state index in [0.717, 1.165) is 54.9 Å². The Morgan fingerprint density at radius 1 is 1.00 bits per heavy atom. The lowest BCUT2D eigenvalue weighted by Crippen LogP contribution is -2.40. The maximum Gasteiger partial charge on any atom is 0.321 e. The van der Waals surface area contributed by atoms with Gasteiger partial charge in [-0.2, -0.15) is 0 Å². The molecule has 2 aliphatic rings. The fourth-order valence-electron chi connectivity index (χ4n) is 5.24. The van der Waals surface area contributed by atoms with Crippen LogP contribution in [-0.4, -0.2) is 76.7 Å². The monoisotopic (exact) mass is 562 g/mol. The molecule has 0 saturated carbocycles. The first-order valence-corrected chi connectivity index (χ1v) is 15.1. The zero-order valence-corrected chi connectivity index (χ0v) is 25.3. The van der Waals surface area contributed by atoms with Gasteiger partial charge in [0.15, 0.2) is 0 Å². The number of nitrogens with one attached hydrogen (secondary N) is 1. The predicted molar refractivity (Wildman–Crippen MR) is 164 cm³/mol. The van der Waals surface area contributed by atoms with E-state index in [4.69, 9.17) is 9.47 Å². The molecule has 5 rings (SSSR count). The standard InChI is InChI=1S/C29H38N6O3.C3H8/c1-20(2)38-27-7-4-23(17-30-27)33-29(36)35-14-10-22(11-15-35)28-25-6-5-24(16-26(25)31-19-32-28)37-18-21-8-12-34(3)13-9-21;1-3-2/h4-7,16-17,19-22H,8-15,18H2,1-3H3,(H,33,36);3H2,1-2H3. The van der Waals surface area contributed by atoms with Gasteiger partial charge in [0, 0.05) is 36.5 Å². The van der Waals surface area contributed by atoms with Crippen LogP contribution < -0.4 is 14.8 Å². The second kappa shape index (κ2) is 15.0. The third-order valence-electron chi connectivity index (χ3n) is 7.48. The Kier molecular flexibility index (Phi) is 11.1. The summed E-state index contributed by atoms with van der Waals surface area (Å²) in [6, 6.07) is 9.64. The molecular formula is C32H46N6O3. The number of anilines is 1. The van der Waals surface area contributed by atoms with Crippen molar-refractivity contribution in [3.05, 3.63) is 48.5 Å². The first kappa shape index (κ1) is 30.5. The summed E-state index contributed by atoms with van der Waals surface area (Å²) in [5.41, 5.74) is 2.62. The number of nitrogens with zero attached hydrogens (tertiary/aromatic N) is 5. The van der Waals surface area contributed by atoms with Gasteiger partial charge < -0.3 is 24.6 Å². The quantitative estimate of drug-likeness (QED) is 0.358. The van der Waals surface area contributed by atoms with Crippen molar-refractivity contribution in [2.24, 2.45) is 5.92 Å². The van der Waals surface area contributed by atoms with Crippen LogP contribution in [0.15, 0.2) is 42.9 Å². The van der Waals surface area contributed by atoms with Gasteiger partial charge in [0.05, 0.1) is 35.8 Å². The Morgan fingerprint density at radius 3 is 2.39 bits per heavy atom. The Balaban J connectivity index is 0.00000124. The van der Waals surface area contributed by atoms with E-state index in [9.17, 15) is 4.79 Å². The number of hydrogen-bond acceptors (Lipinski definition) is 7. The smallest absolute Gasteiger partial charge is 0.321 e. The molecule has 41 heavy (non-hydrogen) atoms. The van der Waals surface area contributed by atoms with Crippen LogP contribution in [0.3, 0.4) is 0 Å². The summed E-state index contributed by atoms with van der Waals surface area (Å²) in [5, 5.41) is 4.01. The molecule has 9 heteroatoms. The number of hydrogen-bond donors (Lipinski definition) is 1. The molecule has 9 nitrogen and oxygen atoms in total. The average molecular weight is 563 g/mol. The predicted octanol–water partition coefficient (Wildman–Crippen LogP) is 6.36. The van der Waals surface area contributed by atoms with Crippen LogP contribution in [0, 0.1) is 5.92 Å². The van der Waals surface area contributed by atoms with Crippen molar-refractivity contribution in [2.75, 3.05) is 45.2 Å². The van der Waals surface area contributed by atoms with Crippen molar-refractivity contribution >= 4 is 22.6 Å². The zero-order valence-electron chi connectivity index (χ0n) is 25.3. The maximum absolute atomic E-state index is 12.8. The van der Waals surface area contributed by atoms with E-state index in [1.807, 2.05) is 36.9 Å². The van der Waals surface area contributed by atoms with Crippen LogP contribution in [0.4, 0.5) is 10.5 Å². The second-order valence-electron chi connectivity index (χ2n) is 11.4. The minimum absolute atomic E-state index is 0.0561. The molecule has 0 bridgehead atoms. The van der Waals surface area contributed by atoms with Crippen LogP contribution in [-0.2, 0) is 0 Å². The lowest BCUT2D eigenvalue weighted by Gasteiger charge is -2.32. The molecule has 4 heterocycles. The van der Waals surface area contributed by atoms with Crippen LogP contribution in [0.25, 0.3) is 10.9 Å². The molecule has 1 N–H and O–H groups in total. The molecule has 0 spiro atoms. The van der Waals surface area contributed by atoms with Crippen LogP contribution in [0.5, 0.6) is 11.6 Å². The second-order valence-corrected chi connectivity index (χ2v) is 11.4. The highest BCUT2D eigenvalue weighted by Crippen LogP contribution is 2.32. The van der Waals surface area contributed by atoms with E-state index in [1.165, 1.54) is 19.3 Å². The molecule has 2 amide bonds. The van der Waals surface area contributed by atoms with E-state index in [-0.39, 0.29) is 18.1 Å². The van der Waals surface area contributed by atoms with Gasteiger partial charge in [-0.25, -0.2) is 19.7 Å². The van der Waals surface area contributed by atoms with Gasteiger partial charge in [0.25, 0.3) is 0 Å². The number of likely N-dealkylation sites (tertiary alicyclic amines) is 2. The van der Waals surface area contributed by atoms with Crippen molar-refractivity contribution < 1.29 is 14.3 Å². The number of piperidine rings is 2. The number of carbonyl (C=O) groups excluding carboxylic acids is 1. The minimum Gasteiger partial charge on any atom is -0.493 e. The Bertz CT molecular complexity index is 1240. The van der Waals surface area contributed by atoms with E-state index < -0.39 is 0 Å². The summed E-state index contributed by atoms with van der Waals surface area (Å²) < 4.78 is 11.7. The molecule has 2 aliphatic heterocycles. The SMILES string of the molecule is CC(C)Oc1ccc(NC(=O)N2CCC(c3ncnc4cc(OCC5CCN(C)CC5)ccc34)CC2)cn1.CCC. The number of pyridine rings is 1. The van der Waals surface area contributed by atoms with Crippen molar-refractivity contribution in [1.29, 1.82) is 0 Å². The summed E-state index contributed by atoms with van der Waals surface area (Å²) in [6.07, 6.45) is 8.66. The molecule has 222 valence electrons. The number of amides is 2. The number of rotatable bonds is 7. The third-order valence-corrected chi connectivity index (χ3v) is 7.48. The number of urea groups is 1. The van der Waals surface area contributed by atoms with E-state index in [1.54, 1.807) is 18.6 Å².